The summed E-state index contributed by atoms with van der Waals surface area (Å²) in [4.78, 5) is 26.5. The van der Waals surface area contributed by atoms with E-state index in [4.69, 9.17) is 4.74 Å². The number of amides is 1. The number of hydrogen-bond acceptors (Lipinski definition) is 5. The average Bonchev–Trinajstić information content (AvgIpc) is 3.08. The lowest BCUT2D eigenvalue weighted by atomic mass is 9.51. The molecule has 0 radical (unpaired) electrons. The van der Waals surface area contributed by atoms with Gasteiger partial charge in [-0.3, -0.25) is 9.59 Å². The first kappa shape index (κ1) is 26.4. The highest BCUT2D eigenvalue weighted by atomic mass is 16.5. The van der Waals surface area contributed by atoms with Crippen LogP contribution in [0.4, 0.5) is 0 Å². The molecule has 2 aliphatic carbocycles. The molecule has 2 fully saturated rings. The molecule has 0 unspecified atom stereocenters. The summed E-state index contributed by atoms with van der Waals surface area (Å²) >= 11 is 0. The number of benzene rings is 1. The molecule has 4 rings (SSSR count). The van der Waals surface area contributed by atoms with Crippen LogP contribution in [0.3, 0.4) is 0 Å². The number of rotatable bonds is 3. The second-order valence-electron chi connectivity index (χ2n) is 11.3. The van der Waals surface area contributed by atoms with Crippen LogP contribution in [-0.4, -0.2) is 45.9 Å². The zero-order valence-corrected chi connectivity index (χ0v) is 21.7. The van der Waals surface area contributed by atoms with Gasteiger partial charge in [0.25, 0.3) is 0 Å². The number of carbonyl (C=O) groups is 2. The van der Waals surface area contributed by atoms with Crippen molar-refractivity contribution in [1.29, 1.82) is 0 Å². The number of allylic oxidation sites excluding steroid dienone is 1. The predicted molar refractivity (Wildman–Crippen MR) is 139 cm³/mol. The fourth-order valence-corrected chi connectivity index (χ4v) is 6.90. The van der Waals surface area contributed by atoms with E-state index in [2.05, 4.69) is 18.8 Å². The van der Waals surface area contributed by atoms with Crippen molar-refractivity contribution in [2.75, 3.05) is 0 Å². The van der Waals surface area contributed by atoms with Gasteiger partial charge in [-0.05, 0) is 55.2 Å². The minimum Gasteiger partial charge on any atom is -0.457 e. The molecule has 3 N–H and O–H groups in total. The van der Waals surface area contributed by atoms with Gasteiger partial charge in [0, 0.05) is 24.8 Å². The molecule has 1 amide bonds. The van der Waals surface area contributed by atoms with Gasteiger partial charge in [0.15, 0.2) is 0 Å². The van der Waals surface area contributed by atoms with Crippen molar-refractivity contribution >= 4 is 11.9 Å². The largest absolute Gasteiger partial charge is 0.457 e. The van der Waals surface area contributed by atoms with Crippen LogP contribution < -0.4 is 5.32 Å². The Morgan fingerprint density at radius 1 is 1.22 bits per heavy atom. The maximum atomic E-state index is 14.2. The lowest BCUT2D eigenvalue weighted by Gasteiger charge is -2.52. The Labute approximate surface area is 214 Å². The van der Waals surface area contributed by atoms with Gasteiger partial charge in [0.2, 0.25) is 5.91 Å². The molecule has 6 heteroatoms. The molecular formula is C30H39NO5. The van der Waals surface area contributed by atoms with E-state index in [1.807, 2.05) is 49.4 Å². The molecule has 1 saturated heterocycles. The Bertz CT molecular complexity index is 1060. The monoisotopic (exact) mass is 493 g/mol. The molecule has 1 heterocycles. The molecule has 3 aliphatic rings. The van der Waals surface area contributed by atoms with E-state index in [0.29, 0.717) is 24.8 Å². The fraction of sp³-hybridized carbons (Fsp3) is 0.533. The first-order valence-corrected chi connectivity index (χ1v) is 12.9. The number of aliphatic hydroxyl groups excluding tert-OH is 1. The van der Waals surface area contributed by atoms with E-state index < -0.39 is 35.1 Å². The molecule has 194 valence electrons. The standard InChI is InChI=1S/C30H39NO5/c1-18-10-9-13-23-27(33)20(3)19(2)26-24(16-22-11-7-6-8-12-22)31-28(34)30(23,26)25(36-21(4)32)14-15-29(5,35)17-18/h6-9,11-15,18-19,23-27,33,35H,3,10,16-17H2,1-2,4-5H3,(H,31,34)/b13-9+,15-14+/t18-,19+,23+,24-,25+,26+,27+,29-,30+/m0/s1. The van der Waals surface area contributed by atoms with E-state index in [-0.39, 0.29) is 29.7 Å². The van der Waals surface area contributed by atoms with E-state index in [9.17, 15) is 19.8 Å². The van der Waals surface area contributed by atoms with Crippen molar-refractivity contribution in [3.05, 3.63) is 72.4 Å². The van der Waals surface area contributed by atoms with Crippen LogP contribution in [0.5, 0.6) is 0 Å². The molecule has 0 aromatic heterocycles. The van der Waals surface area contributed by atoms with Crippen LogP contribution in [0.25, 0.3) is 0 Å². The van der Waals surface area contributed by atoms with E-state index in [1.54, 1.807) is 19.1 Å². The summed E-state index contributed by atoms with van der Waals surface area (Å²) in [6, 6.07) is 9.73. The van der Waals surface area contributed by atoms with Crippen molar-refractivity contribution in [3.63, 3.8) is 0 Å². The third kappa shape index (κ3) is 4.69. The molecule has 36 heavy (non-hydrogen) atoms. The Balaban J connectivity index is 1.92. The van der Waals surface area contributed by atoms with Gasteiger partial charge in [-0.2, -0.15) is 0 Å². The first-order valence-electron chi connectivity index (χ1n) is 12.9. The summed E-state index contributed by atoms with van der Waals surface area (Å²) < 4.78 is 5.89. The van der Waals surface area contributed by atoms with Crippen LogP contribution in [0.2, 0.25) is 0 Å². The van der Waals surface area contributed by atoms with Crippen molar-refractivity contribution in [2.24, 2.45) is 29.1 Å². The summed E-state index contributed by atoms with van der Waals surface area (Å²) in [5.74, 6) is -1.75. The smallest absolute Gasteiger partial charge is 0.303 e. The minimum absolute atomic E-state index is 0.170. The zero-order chi connectivity index (χ0) is 26.3. The predicted octanol–water partition coefficient (Wildman–Crippen LogP) is 3.74. The summed E-state index contributed by atoms with van der Waals surface area (Å²) in [7, 11) is 0. The number of ether oxygens (including phenoxy) is 1. The van der Waals surface area contributed by atoms with Crippen LogP contribution in [-0.2, 0) is 20.7 Å². The van der Waals surface area contributed by atoms with Gasteiger partial charge >= 0.3 is 5.97 Å². The maximum absolute atomic E-state index is 14.2. The van der Waals surface area contributed by atoms with Gasteiger partial charge in [-0.1, -0.05) is 69.0 Å². The minimum atomic E-state index is -1.26. The van der Waals surface area contributed by atoms with Crippen molar-refractivity contribution < 1.29 is 24.5 Å². The normalized spacial score (nSPS) is 42.3. The Morgan fingerprint density at radius 2 is 1.92 bits per heavy atom. The topological polar surface area (TPSA) is 95.9 Å². The molecule has 1 aliphatic heterocycles. The number of aliphatic hydroxyl groups is 2. The molecule has 1 aromatic rings. The summed E-state index contributed by atoms with van der Waals surface area (Å²) in [5.41, 5.74) is -0.635. The summed E-state index contributed by atoms with van der Waals surface area (Å²) in [5, 5.41) is 25.8. The third-order valence-electron chi connectivity index (χ3n) is 8.43. The molecule has 0 bridgehead atoms. The summed E-state index contributed by atoms with van der Waals surface area (Å²) in [6.07, 6.45) is 7.09. The molecule has 1 spiro atoms. The van der Waals surface area contributed by atoms with Crippen LogP contribution >= 0.6 is 0 Å². The molecule has 6 nitrogen and oxygen atoms in total. The van der Waals surface area contributed by atoms with Crippen LogP contribution in [0, 0.1) is 29.1 Å². The van der Waals surface area contributed by atoms with Gasteiger partial charge in [0.1, 0.15) is 11.5 Å². The van der Waals surface area contributed by atoms with Gasteiger partial charge in [-0.25, -0.2) is 0 Å². The highest BCUT2D eigenvalue weighted by Gasteiger charge is 2.68. The van der Waals surface area contributed by atoms with Gasteiger partial charge in [0.05, 0.1) is 11.7 Å². The molecular weight excluding hydrogens is 454 g/mol. The lowest BCUT2D eigenvalue weighted by Crippen LogP contribution is -2.60. The molecule has 1 aromatic carbocycles. The van der Waals surface area contributed by atoms with Crippen molar-refractivity contribution in [2.45, 2.75) is 70.8 Å². The third-order valence-corrected chi connectivity index (χ3v) is 8.43. The highest BCUT2D eigenvalue weighted by Crippen LogP contribution is 2.58. The quantitative estimate of drug-likeness (QED) is 0.440. The second-order valence-corrected chi connectivity index (χ2v) is 11.3. The molecule has 1 saturated carbocycles. The number of esters is 1. The van der Waals surface area contributed by atoms with Crippen LogP contribution in [0.15, 0.2) is 66.8 Å². The molecule has 9 atom stereocenters. The first-order chi connectivity index (χ1) is 17.0. The van der Waals surface area contributed by atoms with Crippen molar-refractivity contribution in [3.8, 4) is 0 Å². The second kappa shape index (κ2) is 9.98. The summed E-state index contributed by atoms with van der Waals surface area (Å²) in [6.45, 7) is 11.3. The van der Waals surface area contributed by atoms with E-state index in [1.165, 1.54) is 6.92 Å². The zero-order valence-electron chi connectivity index (χ0n) is 21.7. The number of nitrogens with one attached hydrogen (secondary N) is 1. The Hall–Kier alpha value is -2.70. The number of carbonyl (C=O) groups excluding carboxylic acids is 2. The Kier molecular flexibility index (Phi) is 7.31. The van der Waals surface area contributed by atoms with Gasteiger partial charge in [-0.15, -0.1) is 0 Å². The number of hydrogen-bond donors (Lipinski definition) is 3. The fourth-order valence-electron chi connectivity index (χ4n) is 6.90. The van der Waals surface area contributed by atoms with E-state index in [0.717, 1.165) is 5.56 Å². The maximum Gasteiger partial charge on any atom is 0.303 e. The SMILES string of the molecule is C=C1[C@@H](C)[C@@H]2[C@H](Cc3ccccc3)NC(=O)[C@@]23[C@H](/C=C/C[C@H](C)C[C@@](C)(O)/C=C/[C@H]3OC(C)=O)[C@@H]1O. The van der Waals surface area contributed by atoms with Crippen molar-refractivity contribution in [1.82, 2.24) is 5.32 Å². The van der Waals surface area contributed by atoms with Gasteiger partial charge < -0.3 is 20.3 Å². The Morgan fingerprint density at radius 3 is 2.58 bits per heavy atom. The highest BCUT2D eigenvalue weighted by molar-refractivity contribution is 5.89. The van der Waals surface area contributed by atoms with E-state index >= 15 is 0 Å². The lowest BCUT2D eigenvalue weighted by molar-refractivity contribution is -0.166. The average molecular weight is 494 g/mol. The van der Waals surface area contributed by atoms with Crippen LogP contribution in [0.1, 0.15) is 46.1 Å².